The summed E-state index contributed by atoms with van der Waals surface area (Å²) in [5, 5.41) is 0.488. The molecule has 2 aromatic rings. The summed E-state index contributed by atoms with van der Waals surface area (Å²) >= 11 is 14.6. The molecule has 0 aliphatic heterocycles. The molecule has 0 radical (unpaired) electrons. The highest BCUT2D eigenvalue weighted by Gasteiger charge is 2.11. The minimum absolute atomic E-state index is 0.0699. The number of rotatable bonds is 0. The molecule has 0 atom stereocenters. The standard InChI is InChI=1S/C8H2BrCl2FN2/c9-3-1-2-4(12)6-5(3)7(10)14-8(11)13-6/h1-2H. The first-order valence-corrected chi connectivity index (χ1v) is 5.11. The first kappa shape index (κ1) is 10.1. The predicted octanol–water partition coefficient (Wildman–Crippen LogP) is 3.84. The fourth-order valence-corrected chi connectivity index (χ4v) is 2.21. The van der Waals surface area contributed by atoms with Gasteiger partial charge in [-0.2, -0.15) is 0 Å². The number of nitrogens with zero attached hydrogens (tertiary/aromatic N) is 2. The second kappa shape index (κ2) is 3.61. The third-order valence-corrected chi connectivity index (χ3v) is 2.78. The first-order chi connectivity index (χ1) is 6.59. The molecular formula is C8H2BrCl2FN2. The predicted molar refractivity (Wildman–Crippen MR) is 57.2 cm³/mol. The van der Waals surface area contributed by atoms with E-state index < -0.39 is 5.82 Å². The van der Waals surface area contributed by atoms with Gasteiger partial charge in [-0.3, -0.25) is 0 Å². The van der Waals surface area contributed by atoms with Crippen molar-refractivity contribution in [1.82, 2.24) is 9.97 Å². The average Bonchev–Trinajstić information content (AvgIpc) is 2.10. The number of aromatic nitrogens is 2. The zero-order chi connectivity index (χ0) is 10.3. The average molecular weight is 296 g/mol. The molecule has 6 heteroatoms. The van der Waals surface area contributed by atoms with E-state index >= 15 is 0 Å². The van der Waals surface area contributed by atoms with E-state index in [1.807, 2.05) is 0 Å². The Labute approximate surface area is 97.2 Å². The van der Waals surface area contributed by atoms with E-state index in [1.165, 1.54) is 6.07 Å². The van der Waals surface area contributed by atoms with Crippen molar-refractivity contribution in [2.75, 3.05) is 0 Å². The highest BCUT2D eigenvalue weighted by atomic mass is 79.9. The Balaban J connectivity index is 3.00. The maximum atomic E-state index is 13.3. The van der Waals surface area contributed by atoms with Crippen LogP contribution in [0.15, 0.2) is 16.6 Å². The quantitative estimate of drug-likeness (QED) is 0.545. The summed E-state index contributed by atoms with van der Waals surface area (Å²) < 4.78 is 13.9. The lowest BCUT2D eigenvalue weighted by Gasteiger charge is -2.03. The Kier molecular flexibility index (Phi) is 2.60. The van der Waals surface area contributed by atoms with E-state index in [0.717, 1.165) is 0 Å². The molecule has 0 unspecified atom stereocenters. The maximum absolute atomic E-state index is 13.3. The summed E-state index contributed by atoms with van der Waals surface area (Å²) in [6.45, 7) is 0. The molecule has 2 rings (SSSR count). The Morgan fingerprint density at radius 3 is 2.64 bits per heavy atom. The van der Waals surface area contributed by atoms with E-state index in [-0.39, 0.29) is 16.0 Å². The molecule has 0 aliphatic rings. The van der Waals surface area contributed by atoms with Crippen LogP contribution in [0.25, 0.3) is 10.9 Å². The molecule has 1 aromatic heterocycles. The molecule has 0 saturated heterocycles. The smallest absolute Gasteiger partial charge is 0.215 e. The van der Waals surface area contributed by atoms with Gasteiger partial charge >= 0.3 is 0 Å². The Hall–Kier alpha value is -0.450. The van der Waals surface area contributed by atoms with Gasteiger partial charge in [0.15, 0.2) is 0 Å². The van der Waals surface area contributed by atoms with Crippen molar-refractivity contribution in [3.63, 3.8) is 0 Å². The van der Waals surface area contributed by atoms with Crippen LogP contribution in [0.3, 0.4) is 0 Å². The van der Waals surface area contributed by atoms with Crippen LogP contribution in [0.2, 0.25) is 10.4 Å². The summed E-state index contributed by atoms with van der Waals surface area (Å²) in [5.74, 6) is -0.477. The highest BCUT2D eigenvalue weighted by Crippen LogP contribution is 2.30. The van der Waals surface area contributed by atoms with Crippen molar-refractivity contribution in [3.8, 4) is 0 Å². The molecule has 0 aliphatic carbocycles. The van der Waals surface area contributed by atoms with Crippen LogP contribution in [0, 0.1) is 5.82 Å². The molecule has 1 aromatic carbocycles. The van der Waals surface area contributed by atoms with Gasteiger partial charge in [-0.1, -0.05) is 11.6 Å². The van der Waals surface area contributed by atoms with Crippen LogP contribution in [-0.2, 0) is 0 Å². The van der Waals surface area contributed by atoms with E-state index in [0.29, 0.717) is 9.86 Å². The Bertz CT molecular complexity index is 518. The van der Waals surface area contributed by atoms with Crippen molar-refractivity contribution in [1.29, 1.82) is 0 Å². The SMILES string of the molecule is Fc1ccc(Br)c2c(Cl)nc(Cl)nc12. The zero-order valence-corrected chi connectivity index (χ0v) is 9.66. The molecule has 1 heterocycles. The minimum atomic E-state index is -0.477. The first-order valence-electron chi connectivity index (χ1n) is 3.56. The molecule has 0 fully saturated rings. The van der Waals surface area contributed by atoms with Crippen molar-refractivity contribution < 1.29 is 4.39 Å². The largest absolute Gasteiger partial charge is 0.224 e. The molecule has 0 N–H and O–H groups in total. The third kappa shape index (κ3) is 1.58. The second-order valence-corrected chi connectivity index (χ2v) is 4.09. The summed E-state index contributed by atoms with van der Waals surface area (Å²) in [4.78, 5) is 7.49. The van der Waals surface area contributed by atoms with Gasteiger partial charge in [-0.05, 0) is 39.7 Å². The molecular weight excluding hydrogens is 294 g/mol. The summed E-state index contributed by atoms with van der Waals surface area (Å²) in [6.07, 6.45) is 0. The van der Waals surface area contributed by atoms with Gasteiger partial charge in [0, 0.05) is 4.47 Å². The van der Waals surface area contributed by atoms with Crippen LogP contribution in [0.4, 0.5) is 4.39 Å². The van der Waals surface area contributed by atoms with Crippen molar-refractivity contribution in [2.45, 2.75) is 0 Å². The summed E-state index contributed by atoms with van der Waals surface area (Å²) in [6, 6.07) is 2.83. The van der Waals surface area contributed by atoms with Gasteiger partial charge < -0.3 is 0 Å². The number of benzene rings is 1. The molecule has 72 valence electrons. The molecule has 0 amide bonds. The second-order valence-electron chi connectivity index (χ2n) is 2.54. The topological polar surface area (TPSA) is 25.8 Å². The molecule has 14 heavy (non-hydrogen) atoms. The lowest BCUT2D eigenvalue weighted by Crippen LogP contribution is -1.90. The van der Waals surface area contributed by atoms with E-state index in [1.54, 1.807) is 6.07 Å². The van der Waals surface area contributed by atoms with E-state index in [9.17, 15) is 4.39 Å². The van der Waals surface area contributed by atoms with Crippen LogP contribution in [0.5, 0.6) is 0 Å². The van der Waals surface area contributed by atoms with Crippen molar-refractivity contribution >= 4 is 50.0 Å². The Morgan fingerprint density at radius 2 is 1.93 bits per heavy atom. The minimum Gasteiger partial charge on any atom is -0.215 e. The molecule has 0 bridgehead atoms. The number of fused-ring (bicyclic) bond motifs is 1. The third-order valence-electron chi connectivity index (χ3n) is 1.68. The van der Waals surface area contributed by atoms with Gasteiger partial charge in [0.1, 0.15) is 16.5 Å². The number of hydrogen-bond donors (Lipinski definition) is 0. The van der Waals surface area contributed by atoms with Crippen LogP contribution in [-0.4, -0.2) is 9.97 Å². The van der Waals surface area contributed by atoms with Gasteiger partial charge in [0.25, 0.3) is 0 Å². The highest BCUT2D eigenvalue weighted by molar-refractivity contribution is 9.10. The summed E-state index contributed by atoms with van der Waals surface area (Å²) in [7, 11) is 0. The fraction of sp³-hybridized carbons (Fsp3) is 0. The van der Waals surface area contributed by atoms with Crippen molar-refractivity contribution in [2.24, 2.45) is 0 Å². The van der Waals surface area contributed by atoms with E-state index in [4.69, 9.17) is 23.2 Å². The van der Waals surface area contributed by atoms with Gasteiger partial charge in [-0.25, -0.2) is 14.4 Å². The lowest BCUT2D eigenvalue weighted by atomic mass is 10.2. The normalized spacial score (nSPS) is 10.9. The molecule has 0 saturated carbocycles. The van der Waals surface area contributed by atoms with Crippen LogP contribution < -0.4 is 0 Å². The number of halogens is 4. The number of hydrogen-bond acceptors (Lipinski definition) is 2. The Morgan fingerprint density at radius 1 is 1.21 bits per heavy atom. The van der Waals surface area contributed by atoms with Crippen LogP contribution >= 0.6 is 39.1 Å². The lowest BCUT2D eigenvalue weighted by molar-refractivity contribution is 0.636. The van der Waals surface area contributed by atoms with Gasteiger partial charge in [0.2, 0.25) is 5.28 Å². The zero-order valence-electron chi connectivity index (χ0n) is 6.56. The molecule has 0 spiro atoms. The van der Waals surface area contributed by atoms with E-state index in [2.05, 4.69) is 25.9 Å². The monoisotopic (exact) mass is 294 g/mol. The summed E-state index contributed by atoms with van der Waals surface area (Å²) in [5.41, 5.74) is 0.115. The molecule has 2 nitrogen and oxygen atoms in total. The van der Waals surface area contributed by atoms with Gasteiger partial charge in [-0.15, -0.1) is 0 Å². The maximum Gasteiger partial charge on any atom is 0.224 e. The van der Waals surface area contributed by atoms with Crippen LogP contribution in [0.1, 0.15) is 0 Å². The van der Waals surface area contributed by atoms with Crippen molar-refractivity contribution in [3.05, 3.63) is 32.9 Å². The van der Waals surface area contributed by atoms with Gasteiger partial charge in [0.05, 0.1) is 5.39 Å². The fourth-order valence-electron chi connectivity index (χ4n) is 1.10.